The molecule has 0 spiro atoms. The highest BCUT2D eigenvalue weighted by Crippen LogP contribution is 2.47. The number of aromatic nitrogens is 4. The Balaban J connectivity index is 0.000000133. The van der Waals surface area contributed by atoms with Gasteiger partial charge < -0.3 is 10.2 Å². The Bertz CT molecular complexity index is 1470. The van der Waals surface area contributed by atoms with E-state index in [1.165, 1.54) is 17.5 Å². The van der Waals surface area contributed by atoms with Crippen LogP contribution in [0.25, 0.3) is 22.1 Å². The molecule has 2 aromatic heterocycles. The Hall–Kier alpha value is -3.66. The summed E-state index contributed by atoms with van der Waals surface area (Å²) in [6.45, 7) is 2.48. The molecule has 8 rings (SSSR count). The van der Waals surface area contributed by atoms with E-state index in [2.05, 4.69) is 37.4 Å². The number of rotatable bonds is 0. The van der Waals surface area contributed by atoms with Gasteiger partial charge in [0.2, 0.25) is 0 Å². The number of likely N-dealkylation sites (tertiary alicyclic amines) is 1. The second kappa shape index (κ2) is 8.69. The van der Waals surface area contributed by atoms with Gasteiger partial charge in [-0.3, -0.25) is 24.7 Å². The molecule has 4 bridgehead atoms. The topological polar surface area (TPSA) is 83.9 Å². The summed E-state index contributed by atoms with van der Waals surface area (Å²) in [5, 5.41) is 3.51. The van der Waals surface area contributed by atoms with Crippen molar-refractivity contribution in [3.05, 3.63) is 71.3 Å². The van der Waals surface area contributed by atoms with Gasteiger partial charge in [0.1, 0.15) is 0 Å². The van der Waals surface area contributed by atoms with Crippen LogP contribution in [0.1, 0.15) is 58.8 Å². The lowest BCUT2D eigenvalue weighted by atomic mass is 9.95. The van der Waals surface area contributed by atoms with E-state index in [0.717, 1.165) is 57.6 Å². The Labute approximate surface area is 216 Å². The lowest BCUT2D eigenvalue weighted by Crippen LogP contribution is -2.46. The van der Waals surface area contributed by atoms with E-state index in [9.17, 15) is 18.0 Å². The van der Waals surface area contributed by atoms with E-state index in [-0.39, 0.29) is 24.9 Å². The summed E-state index contributed by atoms with van der Waals surface area (Å²) in [4.78, 5) is 29.7. The predicted molar refractivity (Wildman–Crippen MR) is 135 cm³/mol. The quantitative estimate of drug-likeness (QED) is 0.371. The van der Waals surface area contributed by atoms with Crippen LogP contribution in [0.15, 0.2) is 49.1 Å². The van der Waals surface area contributed by atoms with Crippen molar-refractivity contribution in [1.82, 2.24) is 30.2 Å². The first kappa shape index (κ1) is 23.5. The minimum absolute atomic E-state index is 0.0496. The minimum Gasteiger partial charge on any atom is -0.334 e. The van der Waals surface area contributed by atoms with Crippen LogP contribution in [-0.4, -0.2) is 63.1 Å². The standard InChI is InChI=1S/C15H12F3N3O.C13H13N3/c16-15(17,18)14(22)21-6-8-3-9(7-21)11-5-13-12(4-10(8)11)19-1-2-20-13;1-2-16-13-5-11-9-3-8(6-14-7-9)10(11)4-12(13)15-1/h1-2,4-5,8-9H,3,6-7H2;1-2,4-5,8-9,14H,3,6-7H2. The summed E-state index contributed by atoms with van der Waals surface area (Å²) in [7, 11) is 0. The second-order valence-electron chi connectivity index (χ2n) is 10.7. The van der Waals surface area contributed by atoms with E-state index in [1.54, 1.807) is 24.8 Å². The Morgan fingerprint density at radius 2 is 1.05 bits per heavy atom. The van der Waals surface area contributed by atoms with E-state index >= 15 is 0 Å². The third-order valence-corrected chi connectivity index (χ3v) is 8.44. The predicted octanol–water partition coefficient (Wildman–Crippen LogP) is 4.41. The molecule has 10 heteroatoms. The van der Waals surface area contributed by atoms with Crippen molar-refractivity contribution in [2.75, 3.05) is 26.2 Å². The average molecular weight is 519 g/mol. The molecule has 2 aromatic carbocycles. The fourth-order valence-corrected chi connectivity index (χ4v) is 6.81. The molecule has 4 atom stereocenters. The van der Waals surface area contributed by atoms with Gasteiger partial charge in [-0.05, 0) is 71.2 Å². The van der Waals surface area contributed by atoms with Gasteiger partial charge in [0, 0.05) is 62.8 Å². The molecule has 4 aliphatic rings. The Morgan fingerprint density at radius 3 is 1.45 bits per heavy atom. The van der Waals surface area contributed by atoms with Crippen LogP contribution in [0.2, 0.25) is 0 Å². The number of carbonyl (C=O) groups excluding carboxylic acids is 1. The Kier molecular flexibility index (Phi) is 5.36. The third-order valence-electron chi connectivity index (χ3n) is 8.44. The normalized spacial score (nSPS) is 25.1. The summed E-state index contributed by atoms with van der Waals surface area (Å²) < 4.78 is 38.0. The van der Waals surface area contributed by atoms with E-state index in [1.807, 2.05) is 12.1 Å². The molecule has 38 heavy (non-hydrogen) atoms. The molecule has 1 N–H and O–H groups in total. The highest BCUT2D eigenvalue weighted by atomic mass is 19.4. The van der Waals surface area contributed by atoms with Gasteiger partial charge >= 0.3 is 12.1 Å². The fourth-order valence-electron chi connectivity index (χ4n) is 6.81. The van der Waals surface area contributed by atoms with Gasteiger partial charge in [0.05, 0.1) is 22.1 Å². The van der Waals surface area contributed by atoms with Crippen molar-refractivity contribution in [2.24, 2.45) is 0 Å². The molecule has 2 saturated heterocycles. The molecule has 0 radical (unpaired) electrons. The molecule has 2 fully saturated rings. The van der Waals surface area contributed by atoms with E-state index in [4.69, 9.17) is 0 Å². The Morgan fingerprint density at radius 1 is 0.684 bits per heavy atom. The summed E-state index contributed by atoms with van der Waals surface area (Å²) in [6.07, 6.45) is 4.01. The van der Waals surface area contributed by atoms with Crippen LogP contribution in [0.4, 0.5) is 13.2 Å². The third kappa shape index (κ3) is 3.89. The zero-order chi connectivity index (χ0) is 26.0. The zero-order valence-electron chi connectivity index (χ0n) is 20.4. The monoisotopic (exact) mass is 518 g/mol. The van der Waals surface area contributed by atoms with Gasteiger partial charge in [0.15, 0.2) is 0 Å². The number of halogens is 3. The molecule has 2 aliphatic heterocycles. The molecule has 2 aliphatic carbocycles. The number of hydrogen-bond donors (Lipinski definition) is 1. The molecule has 4 aromatic rings. The van der Waals surface area contributed by atoms with Gasteiger partial charge in [-0.25, -0.2) is 0 Å². The van der Waals surface area contributed by atoms with Crippen molar-refractivity contribution in [1.29, 1.82) is 0 Å². The van der Waals surface area contributed by atoms with Crippen LogP contribution in [-0.2, 0) is 4.79 Å². The van der Waals surface area contributed by atoms with Crippen molar-refractivity contribution in [3.63, 3.8) is 0 Å². The van der Waals surface area contributed by atoms with Gasteiger partial charge in [0.25, 0.3) is 0 Å². The van der Waals surface area contributed by atoms with Crippen molar-refractivity contribution < 1.29 is 18.0 Å². The first-order valence-electron chi connectivity index (χ1n) is 12.9. The number of benzene rings is 2. The number of nitrogens with zero attached hydrogens (tertiary/aromatic N) is 5. The van der Waals surface area contributed by atoms with Crippen LogP contribution in [0.3, 0.4) is 0 Å². The first-order valence-corrected chi connectivity index (χ1v) is 12.9. The van der Waals surface area contributed by atoms with Gasteiger partial charge in [-0.2, -0.15) is 13.2 Å². The number of alkyl halides is 3. The zero-order valence-corrected chi connectivity index (χ0v) is 20.4. The van der Waals surface area contributed by atoms with Crippen LogP contribution in [0.5, 0.6) is 0 Å². The molecule has 4 heterocycles. The van der Waals surface area contributed by atoms with Crippen molar-refractivity contribution in [2.45, 2.75) is 42.7 Å². The van der Waals surface area contributed by atoms with Crippen LogP contribution < -0.4 is 5.32 Å². The molecular weight excluding hydrogens is 493 g/mol. The maximum Gasteiger partial charge on any atom is 0.471 e. The fraction of sp³-hybridized carbons (Fsp3) is 0.393. The van der Waals surface area contributed by atoms with Gasteiger partial charge in [-0.1, -0.05) is 0 Å². The number of carbonyl (C=O) groups is 1. The lowest BCUT2D eigenvalue weighted by molar-refractivity contribution is -0.186. The SMILES string of the molecule is O=C(N1CC2CC(C1)c1cc3nccnc3cc12)C(F)(F)F.c1cnc2cc3c(cc2n1)C1CNCC3C1. The number of piperidine rings is 2. The molecule has 0 saturated carbocycles. The molecule has 1 amide bonds. The number of fused-ring (bicyclic) bond motifs is 12. The maximum absolute atomic E-state index is 12.7. The number of hydrogen-bond acceptors (Lipinski definition) is 6. The largest absolute Gasteiger partial charge is 0.471 e. The number of nitrogens with one attached hydrogen (secondary N) is 1. The van der Waals surface area contributed by atoms with Crippen molar-refractivity contribution >= 4 is 28.0 Å². The number of amides is 1. The average Bonchev–Trinajstić information content (AvgIpc) is 3.32. The highest BCUT2D eigenvalue weighted by molar-refractivity contribution is 5.83. The summed E-state index contributed by atoms with van der Waals surface area (Å²) in [5.41, 5.74) is 8.57. The van der Waals surface area contributed by atoms with Crippen LogP contribution >= 0.6 is 0 Å². The highest BCUT2D eigenvalue weighted by Gasteiger charge is 2.47. The smallest absolute Gasteiger partial charge is 0.334 e. The summed E-state index contributed by atoms with van der Waals surface area (Å²) in [5.74, 6) is -0.450. The first-order chi connectivity index (χ1) is 18.3. The van der Waals surface area contributed by atoms with Crippen molar-refractivity contribution in [3.8, 4) is 0 Å². The molecule has 194 valence electrons. The summed E-state index contributed by atoms with van der Waals surface area (Å²) in [6, 6.07) is 8.30. The second-order valence-corrected chi connectivity index (χ2v) is 10.7. The van der Waals surface area contributed by atoms with E-state index < -0.39 is 12.1 Å². The molecule has 4 unspecified atom stereocenters. The molecular formula is C28H25F3N6O. The minimum atomic E-state index is -4.81. The van der Waals surface area contributed by atoms with E-state index in [0.29, 0.717) is 11.8 Å². The van der Waals surface area contributed by atoms with Gasteiger partial charge in [-0.15, -0.1) is 0 Å². The lowest BCUT2D eigenvalue weighted by Gasteiger charge is -2.32. The molecule has 7 nitrogen and oxygen atoms in total. The van der Waals surface area contributed by atoms with Crippen LogP contribution in [0, 0.1) is 0 Å². The maximum atomic E-state index is 12.7. The summed E-state index contributed by atoms with van der Waals surface area (Å²) >= 11 is 0.